The maximum atomic E-state index is 5.66. The Bertz CT molecular complexity index is 782. The van der Waals surface area contributed by atoms with Crippen molar-refractivity contribution < 1.29 is 8.83 Å². The second-order valence-corrected chi connectivity index (χ2v) is 6.08. The lowest BCUT2D eigenvalue weighted by Crippen LogP contribution is -2.36. The molecule has 0 bridgehead atoms. The second-order valence-electron chi connectivity index (χ2n) is 5.70. The van der Waals surface area contributed by atoms with E-state index in [0.717, 1.165) is 17.2 Å². The fourth-order valence-corrected chi connectivity index (χ4v) is 2.90. The van der Waals surface area contributed by atoms with Crippen LogP contribution < -0.4 is 5.32 Å². The van der Waals surface area contributed by atoms with Crippen LogP contribution in [-0.2, 0) is 6.54 Å². The minimum absolute atomic E-state index is 0.0186. The van der Waals surface area contributed by atoms with Crippen molar-refractivity contribution in [3.63, 3.8) is 0 Å². The Hall–Kier alpha value is -2.53. The first kappa shape index (κ1) is 16.3. The number of thiocarbonyl (C=S) groups is 1. The first-order valence-electron chi connectivity index (χ1n) is 7.83. The van der Waals surface area contributed by atoms with Gasteiger partial charge < -0.3 is 19.1 Å². The minimum Gasteiger partial charge on any atom is -0.467 e. The third-order valence-electron chi connectivity index (χ3n) is 3.86. The zero-order chi connectivity index (χ0) is 16.9. The van der Waals surface area contributed by atoms with Gasteiger partial charge in [-0.25, -0.2) is 0 Å². The highest BCUT2D eigenvalue weighted by Gasteiger charge is 2.22. The number of anilines is 1. The van der Waals surface area contributed by atoms with Crippen molar-refractivity contribution in [1.29, 1.82) is 0 Å². The average molecular weight is 340 g/mol. The van der Waals surface area contributed by atoms with Gasteiger partial charge in [0.2, 0.25) is 0 Å². The van der Waals surface area contributed by atoms with Gasteiger partial charge in [0.05, 0.1) is 25.1 Å². The van der Waals surface area contributed by atoms with Gasteiger partial charge in [-0.15, -0.1) is 0 Å². The normalized spacial score (nSPS) is 11.9. The summed E-state index contributed by atoms with van der Waals surface area (Å²) in [5.74, 6) is 1.71. The highest BCUT2D eigenvalue weighted by molar-refractivity contribution is 7.80. The summed E-state index contributed by atoms with van der Waals surface area (Å²) in [6.45, 7) is 4.68. The number of nitrogens with one attached hydrogen (secondary N) is 1. The fraction of sp³-hybridized carbons (Fsp3) is 0.211. The molecule has 2 heterocycles. The van der Waals surface area contributed by atoms with Crippen molar-refractivity contribution >= 4 is 23.0 Å². The molecule has 3 aromatic rings. The number of benzene rings is 1. The summed E-state index contributed by atoms with van der Waals surface area (Å²) in [6, 6.07) is 15.8. The Morgan fingerprint density at radius 2 is 1.92 bits per heavy atom. The Morgan fingerprint density at radius 1 is 1.12 bits per heavy atom. The third kappa shape index (κ3) is 3.86. The molecule has 2 aromatic heterocycles. The monoisotopic (exact) mass is 340 g/mol. The van der Waals surface area contributed by atoms with Crippen LogP contribution in [0.25, 0.3) is 0 Å². The lowest BCUT2D eigenvalue weighted by atomic mass is 10.2. The second kappa shape index (κ2) is 7.36. The molecular formula is C19H20N2O2S. The van der Waals surface area contributed by atoms with Crippen LogP contribution in [0.1, 0.15) is 30.0 Å². The molecule has 3 rings (SSSR count). The number of aryl methyl sites for hydroxylation is 1. The summed E-state index contributed by atoms with van der Waals surface area (Å²) in [7, 11) is 0. The molecule has 0 radical (unpaired) electrons. The van der Waals surface area contributed by atoms with Crippen LogP contribution in [0.3, 0.4) is 0 Å². The van der Waals surface area contributed by atoms with Crippen LogP contribution in [0.4, 0.5) is 5.69 Å². The molecule has 1 atom stereocenters. The van der Waals surface area contributed by atoms with Gasteiger partial charge in [0.25, 0.3) is 0 Å². The van der Waals surface area contributed by atoms with Gasteiger partial charge in [-0.2, -0.15) is 0 Å². The smallest absolute Gasteiger partial charge is 0.174 e. The molecule has 24 heavy (non-hydrogen) atoms. The first-order valence-corrected chi connectivity index (χ1v) is 8.24. The van der Waals surface area contributed by atoms with E-state index in [-0.39, 0.29) is 6.04 Å². The van der Waals surface area contributed by atoms with Crippen molar-refractivity contribution in [3.05, 3.63) is 78.1 Å². The predicted octanol–water partition coefficient (Wildman–Crippen LogP) is 5.14. The van der Waals surface area contributed by atoms with Gasteiger partial charge in [-0.3, -0.25) is 0 Å². The standard InChI is InChI=1S/C19H20N2O2S/c1-14-6-3-7-16(12-14)20-19(24)21(13-17-8-4-10-22-17)15(2)18-9-5-11-23-18/h3-12,15H,13H2,1-2H3,(H,20,24)/t15-/m1/s1. The molecule has 5 heteroatoms. The zero-order valence-electron chi connectivity index (χ0n) is 13.7. The van der Waals surface area contributed by atoms with Crippen LogP contribution in [-0.4, -0.2) is 10.0 Å². The molecule has 0 saturated carbocycles. The van der Waals surface area contributed by atoms with E-state index in [9.17, 15) is 0 Å². The Kier molecular flexibility index (Phi) is 5.01. The molecule has 0 amide bonds. The van der Waals surface area contributed by atoms with Crippen molar-refractivity contribution in [2.24, 2.45) is 0 Å². The number of hydrogen-bond donors (Lipinski definition) is 1. The number of nitrogens with zero attached hydrogens (tertiary/aromatic N) is 1. The van der Waals surface area contributed by atoms with Gasteiger partial charge in [-0.1, -0.05) is 12.1 Å². The number of furan rings is 2. The molecule has 0 aliphatic carbocycles. The van der Waals surface area contributed by atoms with Crippen molar-refractivity contribution in [2.45, 2.75) is 26.4 Å². The molecule has 0 aliphatic heterocycles. The minimum atomic E-state index is -0.0186. The highest BCUT2D eigenvalue weighted by atomic mass is 32.1. The Balaban J connectivity index is 1.81. The summed E-state index contributed by atoms with van der Waals surface area (Å²) in [5.41, 5.74) is 2.15. The van der Waals surface area contributed by atoms with E-state index in [2.05, 4.69) is 36.2 Å². The number of hydrogen-bond acceptors (Lipinski definition) is 3. The van der Waals surface area contributed by atoms with Gasteiger partial charge in [0, 0.05) is 5.69 Å². The molecule has 1 N–H and O–H groups in total. The van der Waals surface area contributed by atoms with Gasteiger partial charge in [0.15, 0.2) is 5.11 Å². The Labute approximate surface area is 147 Å². The fourth-order valence-electron chi connectivity index (χ4n) is 2.56. The highest BCUT2D eigenvalue weighted by Crippen LogP contribution is 2.24. The van der Waals surface area contributed by atoms with Gasteiger partial charge in [0.1, 0.15) is 11.5 Å². The van der Waals surface area contributed by atoms with Crippen LogP contribution in [0, 0.1) is 6.92 Å². The molecule has 0 unspecified atom stereocenters. The molecule has 0 fully saturated rings. The third-order valence-corrected chi connectivity index (χ3v) is 4.20. The molecule has 1 aromatic carbocycles. The largest absolute Gasteiger partial charge is 0.467 e. The molecule has 0 saturated heterocycles. The summed E-state index contributed by atoms with van der Waals surface area (Å²) in [4.78, 5) is 2.05. The van der Waals surface area contributed by atoms with Crippen LogP contribution >= 0.6 is 12.2 Å². The van der Waals surface area contributed by atoms with Gasteiger partial charge in [-0.05, 0) is 68.0 Å². The lowest BCUT2D eigenvalue weighted by Gasteiger charge is -2.30. The topological polar surface area (TPSA) is 41.5 Å². The quantitative estimate of drug-likeness (QED) is 0.651. The van der Waals surface area contributed by atoms with Crippen molar-refractivity contribution in [1.82, 2.24) is 4.90 Å². The van der Waals surface area contributed by atoms with E-state index in [0.29, 0.717) is 11.7 Å². The predicted molar refractivity (Wildman–Crippen MR) is 98.8 cm³/mol. The molecule has 124 valence electrons. The molecule has 4 nitrogen and oxygen atoms in total. The van der Waals surface area contributed by atoms with Crippen molar-refractivity contribution in [3.8, 4) is 0 Å². The summed E-state index contributed by atoms with van der Waals surface area (Å²) in [6.07, 6.45) is 3.34. The maximum Gasteiger partial charge on any atom is 0.174 e. The molecular weight excluding hydrogens is 320 g/mol. The van der Waals surface area contributed by atoms with Crippen LogP contribution in [0.5, 0.6) is 0 Å². The maximum absolute atomic E-state index is 5.66. The van der Waals surface area contributed by atoms with E-state index in [4.69, 9.17) is 21.1 Å². The van der Waals surface area contributed by atoms with E-state index >= 15 is 0 Å². The van der Waals surface area contributed by atoms with E-state index in [1.807, 2.05) is 36.4 Å². The zero-order valence-corrected chi connectivity index (χ0v) is 14.5. The first-order chi connectivity index (χ1) is 11.6. The summed E-state index contributed by atoms with van der Waals surface area (Å²) < 4.78 is 11.0. The van der Waals surface area contributed by atoms with Gasteiger partial charge >= 0.3 is 0 Å². The van der Waals surface area contributed by atoms with E-state index in [1.165, 1.54) is 5.56 Å². The summed E-state index contributed by atoms with van der Waals surface area (Å²) in [5, 5.41) is 3.94. The summed E-state index contributed by atoms with van der Waals surface area (Å²) >= 11 is 5.66. The van der Waals surface area contributed by atoms with E-state index < -0.39 is 0 Å². The number of rotatable bonds is 5. The Morgan fingerprint density at radius 3 is 2.58 bits per heavy atom. The van der Waals surface area contributed by atoms with Crippen molar-refractivity contribution in [2.75, 3.05) is 5.32 Å². The van der Waals surface area contributed by atoms with E-state index in [1.54, 1.807) is 12.5 Å². The molecule has 0 aliphatic rings. The van der Waals surface area contributed by atoms with Crippen LogP contribution in [0.15, 0.2) is 69.9 Å². The average Bonchev–Trinajstić information content (AvgIpc) is 3.25. The van der Waals surface area contributed by atoms with Crippen LogP contribution in [0.2, 0.25) is 0 Å². The SMILES string of the molecule is Cc1cccc(NC(=S)N(Cc2ccco2)[C@H](C)c2ccco2)c1. The lowest BCUT2D eigenvalue weighted by molar-refractivity contribution is 0.269. The molecule has 0 spiro atoms.